The number of nitrogens with zero attached hydrogens (tertiary/aromatic N) is 2. The van der Waals surface area contributed by atoms with Crippen molar-refractivity contribution in [1.29, 1.82) is 0 Å². The summed E-state index contributed by atoms with van der Waals surface area (Å²) in [4.78, 5) is 20.6. The van der Waals surface area contributed by atoms with Crippen LogP contribution in [0.15, 0.2) is 60.7 Å². The zero-order valence-corrected chi connectivity index (χ0v) is 15.7. The van der Waals surface area contributed by atoms with Gasteiger partial charge in [0.25, 0.3) is 0 Å². The Morgan fingerprint density at radius 2 is 1.78 bits per heavy atom. The number of hydrogen-bond acceptors (Lipinski definition) is 4. The number of carbonyl (C=O) groups excluding carboxylic acids is 1. The van der Waals surface area contributed by atoms with Gasteiger partial charge in [-0.15, -0.1) is 0 Å². The van der Waals surface area contributed by atoms with Crippen LogP contribution in [-0.4, -0.2) is 15.9 Å². The first-order chi connectivity index (χ1) is 13.0. The minimum atomic E-state index is -0.269. The largest absolute Gasteiger partial charge is 0.424 e. The third-order valence-electron chi connectivity index (χ3n) is 3.59. The number of nitrogens with one attached hydrogen (secondary N) is 1. The molecule has 0 saturated heterocycles. The Morgan fingerprint density at radius 1 is 1.04 bits per heavy atom. The highest BCUT2D eigenvalue weighted by Gasteiger charge is 2.05. The molecule has 1 aromatic heterocycles. The second-order valence-electron chi connectivity index (χ2n) is 5.91. The smallest absolute Gasteiger partial charge is 0.322 e. The summed E-state index contributed by atoms with van der Waals surface area (Å²) in [5.74, 6) is 0.266. The number of ether oxygens (including phenoxy) is 1. The summed E-state index contributed by atoms with van der Waals surface area (Å²) >= 11 is 6.08. The molecule has 2 aromatic carbocycles. The van der Waals surface area contributed by atoms with Crippen LogP contribution in [-0.2, 0) is 4.79 Å². The SMILES string of the molecule is Cc1cc(C)nc(Oc2cccc(NC(=O)/C=C/c3ccccc3Cl)c2)n1. The molecule has 136 valence electrons. The molecular formula is C21H18ClN3O2. The molecular weight excluding hydrogens is 362 g/mol. The van der Waals surface area contributed by atoms with Gasteiger partial charge in [0.2, 0.25) is 5.91 Å². The highest BCUT2D eigenvalue weighted by Crippen LogP contribution is 2.22. The van der Waals surface area contributed by atoms with E-state index in [1.165, 1.54) is 6.08 Å². The van der Waals surface area contributed by atoms with Gasteiger partial charge in [0.05, 0.1) is 0 Å². The summed E-state index contributed by atoms with van der Waals surface area (Å²) in [7, 11) is 0. The Kier molecular flexibility index (Phi) is 5.84. The lowest BCUT2D eigenvalue weighted by molar-refractivity contribution is -0.111. The van der Waals surface area contributed by atoms with Gasteiger partial charge in [-0.05, 0) is 49.8 Å². The molecule has 0 radical (unpaired) electrons. The van der Waals surface area contributed by atoms with E-state index in [1.807, 2.05) is 38.1 Å². The first kappa shape index (κ1) is 18.6. The molecule has 1 heterocycles. The van der Waals surface area contributed by atoms with Crippen molar-refractivity contribution in [3.05, 3.63) is 82.6 Å². The number of benzene rings is 2. The lowest BCUT2D eigenvalue weighted by atomic mass is 10.2. The Hall–Kier alpha value is -3.18. The number of rotatable bonds is 5. The van der Waals surface area contributed by atoms with Crippen molar-refractivity contribution in [2.75, 3.05) is 5.32 Å². The van der Waals surface area contributed by atoms with E-state index in [0.29, 0.717) is 16.5 Å². The molecule has 3 rings (SSSR count). The minimum absolute atomic E-state index is 0.269. The highest BCUT2D eigenvalue weighted by molar-refractivity contribution is 6.32. The summed E-state index contributed by atoms with van der Waals surface area (Å²) in [5, 5.41) is 3.38. The Bertz CT molecular complexity index is 982. The molecule has 5 nitrogen and oxygen atoms in total. The van der Waals surface area contributed by atoms with Crippen molar-refractivity contribution in [3.63, 3.8) is 0 Å². The van der Waals surface area contributed by atoms with Crippen LogP contribution in [0.4, 0.5) is 5.69 Å². The van der Waals surface area contributed by atoms with E-state index in [0.717, 1.165) is 17.0 Å². The van der Waals surface area contributed by atoms with E-state index in [2.05, 4.69) is 15.3 Å². The monoisotopic (exact) mass is 379 g/mol. The molecule has 0 aliphatic heterocycles. The van der Waals surface area contributed by atoms with Crippen LogP contribution < -0.4 is 10.1 Å². The first-order valence-corrected chi connectivity index (χ1v) is 8.71. The molecule has 1 N–H and O–H groups in total. The van der Waals surface area contributed by atoms with Crippen LogP contribution in [0.3, 0.4) is 0 Å². The number of carbonyl (C=O) groups is 1. The van der Waals surface area contributed by atoms with Crippen molar-refractivity contribution in [2.45, 2.75) is 13.8 Å². The molecule has 0 atom stereocenters. The molecule has 1 amide bonds. The van der Waals surface area contributed by atoms with Crippen LogP contribution in [0.25, 0.3) is 6.08 Å². The van der Waals surface area contributed by atoms with E-state index in [-0.39, 0.29) is 11.9 Å². The van der Waals surface area contributed by atoms with Crippen LogP contribution in [0.5, 0.6) is 11.8 Å². The maximum absolute atomic E-state index is 12.1. The van der Waals surface area contributed by atoms with Crippen molar-refractivity contribution < 1.29 is 9.53 Å². The predicted octanol–water partition coefficient (Wildman–Crippen LogP) is 5.19. The van der Waals surface area contributed by atoms with Gasteiger partial charge in [-0.1, -0.05) is 35.9 Å². The molecule has 0 spiro atoms. The molecule has 6 heteroatoms. The summed E-state index contributed by atoms with van der Waals surface area (Å²) < 4.78 is 5.70. The zero-order chi connectivity index (χ0) is 19.2. The molecule has 0 aliphatic rings. The van der Waals surface area contributed by atoms with Gasteiger partial charge in [0, 0.05) is 34.2 Å². The molecule has 0 unspecified atom stereocenters. The minimum Gasteiger partial charge on any atom is -0.424 e. The third-order valence-corrected chi connectivity index (χ3v) is 3.94. The summed E-state index contributed by atoms with van der Waals surface area (Å²) in [6.45, 7) is 3.76. The molecule has 0 bridgehead atoms. The maximum atomic E-state index is 12.1. The topological polar surface area (TPSA) is 64.1 Å². The number of amides is 1. The second-order valence-corrected chi connectivity index (χ2v) is 6.31. The number of aryl methyl sites for hydroxylation is 2. The zero-order valence-electron chi connectivity index (χ0n) is 14.9. The first-order valence-electron chi connectivity index (χ1n) is 8.33. The van der Waals surface area contributed by atoms with Gasteiger partial charge in [-0.2, -0.15) is 0 Å². The summed E-state index contributed by atoms with van der Waals surface area (Å²) in [6.07, 6.45) is 3.10. The van der Waals surface area contributed by atoms with Crippen molar-refractivity contribution in [1.82, 2.24) is 9.97 Å². The average Bonchev–Trinajstić information content (AvgIpc) is 2.60. The lowest BCUT2D eigenvalue weighted by Crippen LogP contribution is -2.07. The standard InChI is InChI=1S/C21H18ClN3O2/c1-14-12-15(2)24-21(23-14)27-18-8-5-7-17(13-18)25-20(26)11-10-16-6-3-4-9-19(16)22/h3-13H,1-2H3,(H,25,26)/b11-10+. The normalized spacial score (nSPS) is 10.8. The Labute approximate surface area is 162 Å². The number of anilines is 1. The van der Waals surface area contributed by atoms with Gasteiger partial charge in [-0.3, -0.25) is 4.79 Å². The fourth-order valence-corrected chi connectivity index (χ4v) is 2.64. The van der Waals surface area contributed by atoms with Gasteiger partial charge in [0.15, 0.2) is 0 Å². The van der Waals surface area contributed by atoms with Crippen LogP contribution >= 0.6 is 11.6 Å². The van der Waals surface area contributed by atoms with Crippen LogP contribution in [0, 0.1) is 13.8 Å². The quantitative estimate of drug-likeness (QED) is 0.619. The van der Waals surface area contributed by atoms with Gasteiger partial charge >= 0.3 is 6.01 Å². The predicted molar refractivity (Wildman–Crippen MR) is 107 cm³/mol. The summed E-state index contributed by atoms with van der Waals surface area (Å²) in [5.41, 5.74) is 3.03. The van der Waals surface area contributed by atoms with Crippen molar-refractivity contribution in [2.24, 2.45) is 0 Å². The Morgan fingerprint density at radius 3 is 2.52 bits per heavy atom. The van der Waals surface area contributed by atoms with Gasteiger partial charge < -0.3 is 10.1 Å². The van der Waals surface area contributed by atoms with Crippen molar-refractivity contribution in [3.8, 4) is 11.8 Å². The number of hydrogen-bond donors (Lipinski definition) is 1. The molecule has 0 fully saturated rings. The van der Waals surface area contributed by atoms with Gasteiger partial charge in [-0.25, -0.2) is 9.97 Å². The average molecular weight is 380 g/mol. The number of aromatic nitrogens is 2. The van der Waals surface area contributed by atoms with E-state index in [4.69, 9.17) is 16.3 Å². The van der Waals surface area contributed by atoms with Crippen LogP contribution in [0.1, 0.15) is 17.0 Å². The third kappa shape index (κ3) is 5.39. The van der Waals surface area contributed by atoms with Crippen LogP contribution in [0.2, 0.25) is 5.02 Å². The maximum Gasteiger partial charge on any atom is 0.322 e. The molecule has 0 aliphatic carbocycles. The highest BCUT2D eigenvalue weighted by atomic mass is 35.5. The fourth-order valence-electron chi connectivity index (χ4n) is 2.44. The molecule has 3 aromatic rings. The van der Waals surface area contributed by atoms with E-state index in [1.54, 1.807) is 36.4 Å². The van der Waals surface area contributed by atoms with E-state index < -0.39 is 0 Å². The van der Waals surface area contributed by atoms with Gasteiger partial charge in [0.1, 0.15) is 5.75 Å². The number of halogens is 1. The second kappa shape index (κ2) is 8.47. The molecule has 0 saturated carbocycles. The van der Waals surface area contributed by atoms with E-state index >= 15 is 0 Å². The van der Waals surface area contributed by atoms with Crippen molar-refractivity contribution >= 4 is 29.3 Å². The fraction of sp³-hybridized carbons (Fsp3) is 0.0952. The summed E-state index contributed by atoms with van der Waals surface area (Å²) in [6, 6.07) is 16.5. The Balaban J connectivity index is 1.68. The lowest BCUT2D eigenvalue weighted by Gasteiger charge is -2.08. The van der Waals surface area contributed by atoms with E-state index in [9.17, 15) is 4.79 Å². The molecule has 27 heavy (non-hydrogen) atoms.